The Morgan fingerprint density at radius 2 is 1.30 bits per heavy atom. The third-order valence-electron chi connectivity index (χ3n) is 4.01. The summed E-state index contributed by atoms with van der Waals surface area (Å²) in [5.41, 5.74) is 1.38. The van der Waals surface area contributed by atoms with Crippen molar-refractivity contribution >= 4 is 70.6 Å². The SMILES string of the molecule is Cc1ccc(Br)cc1NS(=O)(=O)c1ccc(NS(=O)(=O)c2cc(Cl)cc(Cl)c2)cc1. The third-order valence-corrected chi connectivity index (χ3v) is 7.68. The van der Waals surface area contributed by atoms with Crippen LogP contribution in [0, 0.1) is 6.92 Å². The summed E-state index contributed by atoms with van der Waals surface area (Å²) in [6, 6.07) is 14.5. The molecule has 0 amide bonds. The molecule has 0 aliphatic rings. The maximum Gasteiger partial charge on any atom is 0.261 e. The van der Waals surface area contributed by atoms with Crippen LogP contribution in [0.5, 0.6) is 0 Å². The van der Waals surface area contributed by atoms with Crippen LogP contribution in [0.15, 0.2) is 74.9 Å². The molecule has 0 saturated heterocycles. The maximum absolute atomic E-state index is 12.7. The number of hydrogen-bond acceptors (Lipinski definition) is 4. The van der Waals surface area contributed by atoms with Gasteiger partial charge >= 0.3 is 0 Å². The van der Waals surface area contributed by atoms with Crippen LogP contribution in [0.1, 0.15) is 5.56 Å². The Morgan fingerprint density at radius 3 is 1.90 bits per heavy atom. The number of hydrogen-bond donors (Lipinski definition) is 2. The molecule has 0 unspecified atom stereocenters. The van der Waals surface area contributed by atoms with E-state index in [0.717, 1.165) is 10.0 Å². The number of sulfonamides is 2. The zero-order valence-corrected chi connectivity index (χ0v) is 20.1. The van der Waals surface area contributed by atoms with E-state index in [-0.39, 0.29) is 25.5 Å². The van der Waals surface area contributed by atoms with E-state index < -0.39 is 20.0 Å². The first kappa shape index (κ1) is 22.9. The van der Waals surface area contributed by atoms with Gasteiger partial charge < -0.3 is 0 Å². The number of aryl methyl sites for hydroxylation is 1. The van der Waals surface area contributed by atoms with Gasteiger partial charge in [0.05, 0.1) is 15.5 Å². The molecule has 0 spiro atoms. The maximum atomic E-state index is 12.7. The average Bonchev–Trinajstić information content (AvgIpc) is 2.64. The van der Waals surface area contributed by atoms with Gasteiger partial charge in [-0.15, -0.1) is 0 Å². The second-order valence-electron chi connectivity index (χ2n) is 6.30. The first-order valence-electron chi connectivity index (χ1n) is 8.34. The van der Waals surface area contributed by atoms with Gasteiger partial charge in [-0.1, -0.05) is 45.2 Å². The summed E-state index contributed by atoms with van der Waals surface area (Å²) in [4.78, 5) is -0.126. The zero-order chi connectivity index (χ0) is 22.1. The van der Waals surface area contributed by atoms with Crippen molar-refractivity contribution < 1.29 is 16.8 Å². The summed E-state index contributed by atoms with van der Waals surface area (Å²) in [6.45, 7) is 1.78. The molecule has 0 heterocycles. The Hall–Kier alpha value is -1.78. The fourth-order valence-corrected chi connectivity index (χ4v) is 5.77. The number of anilines is 2. The Morgan fingerprint density at radius 1 is 0.733 bits per heavy atom. The molecule has 6 nitrogen and oxygen atoms in total. The highest BCUT2D eigenvalue weighted by atomic mass is 79.9. The van der Waals surface area contributed by atoms with Crippen molar-refractivity contribution in [3.05, 3.63) is 80.7 Å². The lowest BCUT2D eigenvalue weighted by Crippen LogP contribution is -2.15. The molecule has 3 aromatic rings. The molecule has 30 heavy (non-hydrogen) atoms. The molecule has 11 heteroatoms. The summed E-state index contributed by atoms with van der Waals surface area (Å²) in [7, 11) is -7.81. The van der Waals surface area contributed by atoms with Crippen molar-refractivity contribution in [3.8, 4) is 0 Å². The monoisotopic (exact) mass is 548 g/mol. The van der Waals surface area contributed by atoms with E-state index in [1.165, 1.54) is 42.5 Å². The highest BCUT2D eigenvalue weighted by Gasteiger charge is 2.18. The highest BCUT2D eigenvalue weighted by molar-refractivity contribution is 9.10. The largest absolute Gasteiger partial charge is 0.280 e. The van der Waals surface area contributed by atoms with Crippen LogP contribution in [-0.2, 0) is 20.0 Å². The van der Waals surface area contributed by atoms with Gasteiger partial charge in [-0.2, -0.15) is 0 Å². The van der Waals surface area contributed by atoms with Crippen LogP contribution < -0.4 is 9.44 Å². The first-order chi connectivity index (χ1) is 14.0. The predicted molar refractivity (Wildman–Crippen MR) is 123 cm³/mol. The Balaban J connectivity index is 1.82. The van der Waals surface area contributed by atoms with Gasteiger partial charge in [-0.3, -0.25) is 9.44 Å². The van der Waals surface area contributed by atoms with Crippen molar-refractivity contribution in [2.24, 2.45) is 0 Å². The van der Waals surface area contributed by atoms with Gasteiger partial charge in [0.2, 0.25) is 0 Å². The molecule has 0 bridgehead atoms. The average molecular weight is 550 g/mol. The fourth-order valence-electron chi connectivity index (χ4n) is 2.51. The molecular formula is C19H15BrCl2N2O4S2. The first-order valence-corrected chi connectivity index (χ1v) is 12.9. The molecule has 0 aromatic heterocycles. The van der Waals surface area contributed by atoms with Gasteiger partial charge in [0.1, 0.15) is 0 Å². The second kappa shape index (κ2) is 8.76. The summed E-state index contributed by atoms with van der Waals surface area (Å²) in [5, 5.41) is 0.358. The van der Waals surface area contributed by atoms with Crippen LogP contribution in [-0.4, -0.2) is 16.8 Å². The van der Waals surface area contributed by atoms with Gasteiger partial charge in [0.15, 0.2) is 0 Å². The van der Waals surface area contributed by atoms with Crippen molar-refractivity contribution in [3.63, 3.8) is 0 Å². The number of benzene rings is 3. The Kier molecular flexibility index (Phi) is 6.69. The van der Waals surface area contributed by atoms with Crippen molar-refractivity contribution in [1.29, 1.82) is 0 Å². The lowest BCUT2D eigenvalue weighted by molar-refractivity contribution is 0.600. The number of nitrogens with one attached hydrogen (secondary N) is 2. The van der Waals surface area contributed by atoms with Gasteiger partial charge in [0, 0.05) is 20.2 Å². The normalized spacial score (nSPS) is 11.9. The van der Waals surface area contributed by atoms with E-state index in [1.807, 2.05) is 0 Å². The minimum atomic E-state index is -3.95. The fraction of sp³-hybridized carbons (Fsp3) is 0.0526. The standard InChI is InChI=1S/C19H15BrCl2N2O4S2/c1-12-2-3-13(20)8-19(12)24-29(25,26)17-6-4-16(5-7-17)23-30(27,28)18-10-14(21)9-15(22)11-18/h2-11,23-24H,1H3. The molecule has 0 aliphatic heterocycles. The molecule has 0 fully saturated rings. The van der Waals surface area contributed by atoms with Crippen molar-refractivity contribution in [2.45, 2.75) is 16.7 Å². The molecule has 3 rings (SSSR count). The summed E-state index contributed by atoms with van der Waals surface area (Å²) >= 11 is 15.0. The lowest BCUT2D eigenvalue weighted by Gasteiger charge is -2.12. The van der Waals surface area contributed by atoms with Gasteiger partial charge in [-0.25, -0.2) is 16.8 Å². The van der Waals surface area contributed by atoms with Crippen LogP contribution >= 0.6 is 39.1 Å². The van der Waals surface area contributed by atoms with Crippen LogP contribution in [0.2, 0.25) is 10.0 Å². The summed E-state index contributed by atoms with van der Waals surface area (Å²) in [6.07, 6.45) is 0. The van der Waals surface area contributed by atoms with Gasteiger partial charge in [-0.05, 0) is 67.1 Å². The predicted octanol–water partition coefficient (Wildman–Crippen LogP) is 5.67. The second-order valence-corrected chi connectivity index (χ2v) is 11.5. The van der Waals surface area contributed by atoms with E-state index in [1.54, 1.807) is 25.1 Å². The third kappa shape index (κ3) is 5.47. The lowest BCUT2D eigenvalue weighted by atomic mass is 10.2. The topological polar surface area (TPSA) is 92.3 Å². The Bertz CT molecular complexity index is 1290. The minimum absolute atomic E-state index is 0.0179. The van der Waals surface area contributed by atoms with Crippen molar-refractivity contribution in [2.75, 3.05) is 9.44 Å². The molecule has 158 valence electrons. The molecule has 0 saturated carbocycles. The van der Waals surface area contributed by atoms with Crippen molar-refractivity contribution in [1.82, 2.24) is 0 Å². The molecule has 2 N–H and O–H groups in total. The van der Waals surface area contributed by atoms with Crippen LogP contribution in [0.25, 0.3) is 0 Å². The highest BCUT2D eigenvalue weighted by Crippen LogP contribution is 2.26. The molecule has 3 aromatic carbocycles. The van der Waals surface area contributed by atoms with E-state index in [4.69, 9.17) is 23.2 Å². The van der Waals surface area contributed by atoms with Gasteiger partial charge in [0.25, 0.3) is 20.0 Å². The summed E-state index contributed by atoms with van der Waals surface area (Å²) in [5.74, 6) is 0. The minimum Gasteiger partial charge on any atom is -0.280 e. The van der Waals surface area contributed by atoms with E-state index in [2.05, 4.69) is 25.4 Å². The molecule has 0 atom stereocenters. The smallest absolute Gasteiger partial charge is 0.261 e. The molecule has 0 aliphatic carbocycles. The van der Waals surface area contributed by atoms with Crippen LogP contribution in [0.4, 0.5) is 11.4 Å². The Labute approximate surface area is 193 Å². The number of halogens is 3. The number of rotatable bonds is 6. The molecular weight excluding hydrogens is 535 g/mol. The van der Waals surface area contributed by atoms with E-state index >= 15 is 0 Å². The summed E-state index contributed by atoms with van der Waals surface area (Å²) < 4.78 is 56.0. The van der Waals surface area contributed by atoms with E-state index in [0.29, 0.717) is 5.69 Å². The van der Waals surface area contributed by atoms with E-state index in [9.17, 15) is 16.8 Å². The quantitative estimate of drug-likeness (QED) is 0.414. The zero-order valence-electron chi connectivity index (χ0n) is 15.4. The molecule has 0 radical (unpaired) electrons. The van der Waals surface area contributed by atoms with Crippen LogP contribution in [0.3, 0.4) is 0 Å².